The molecule has 0 radical (unpaired) electrons. The normalized spacial score (nSPS) is 11.1. The van der Waals surface area contributed by atoms with Crippen molar-refractivity contribution in [1.82, 2.24) is 29.5 Å². The molecule has 5 heterocycles. The Kier molecular flexibility index (Phi) is 5.18. The molecule has 33 heavy (non-hydrogen) atoms. The second-order valence-corrected chi connectivity index (χ2v) is 7.99. The van der Waals surface area contributed by atoms with Crippen LogP contribution in [0.3, 0.4) is 0 Å². The van der Waals surface area contributed by atoms with Crippen LogP contribution in [-0.2, 0) is 13.6 Å². The smallest absolute Gasteiger partial charge is 0.396 e. The largest absolute Gasteiger partial charge is 0.519 e. The molecule has 5 aromatic rings. The molecule has 0 spiro atoms. The molecule has 0 atom stereocenters. The molecule has 5 aromatic heterocycles. The van der Waals surface area contributed by atoms with E-state index in [9.17, 15) is 9.59 Å². The first-order valence-electron chi connectivity index (χ1n) is 9.80. The van der Waals surface area contributed by atoms with Crippen molar-refractivity contribution < 1.29 is 13.6 Å². The number of hydrogen-bond acceptors (Lipinski definition) is 9. The predicted molar refractivity (Wildman–Crippen MR) is 119 cm³/mol. The molecule has 0 aliphatic carbocycles. The minimum Gasteiger partial charge on any atom is -0.396 e. The lowest BCUT2D eigenvalue weighted by molar-refractivity contribution is 0.102. The third kappa shape index (κ3) is 4.23. The van der Waals surface area contributed by atoms with Gasteiger partial charge in [0.05, 0.1) is 17.6 Å². The zero-order chi connectivity index (χ0) is 22.9. The van der Waals surface area contributed by atoms with Gasteiger partial charge in [0.2, 0.25) is 0 Å². The van der Waals surface area contributed by atoms with Crippen molar-refractivity contribution in [3.05, 3.63) is 76.2 Å². The van der Waals surface area contributed by atoms with Crippen LogP contribution in [0.4, 0.5) is 5.69 Å². The third-order valence-corrected chi connectivity index (χ3v) is 5.63. The fourth-order valence-corrected chi connectivity index (χ4v) is 3.97. The fourth-order valence-electron chi connectivity index (χ4n) is 3.20. The van der Waals surface area contributed by atoms with E-state index in [0.717, 1.165) is 5.56 Å². The molecule has 0 aliphatic rings. The number of carbonyl (C=O) groups excluding carboxylic acids is 1. The summed E-state index contributed by atoms with van der Waals surface area (Å²) in [7, 11) is 1.77. The van der Waals surface area contributed by atoms with Crippen molar-refractivity contribution in [2.24, 2.45) is 7.05 Å². The number of aromatic nitrogens is 6. The predicted octanol–water partition coefficient (Wildman–Crippen LogP) is 2.96. The monoisotopic (exact) mass is 463 g/mol. The summed E-state index contributed by atoms with van der Waals surface area (Å²) in [5, 5.41) is 13.8. The molecule has 1 amide bonds. The zero-order valence-corrected chi connectivity index (χ0v) is 18.4. The van der Waals surface area contributed by atoms with E-state index in [0.29, 0.717) is 33.6 Å². The van der Waals surface area contributed by atoms with E-state index in [1.165, 1.54) is 11.3 Å². The second-order valence-electron chi connectivity index (χ2n) is 7.13. The number of carbonyl (C=O) groups is 1. The van der Waals surface area contributed by atoms with Crippen molar-refractivity contribution >= 4 is 22.9 Å². The molecular formula is C21H17N7O4S. The standard InChI is InChI=1S/C21H17N7O4S/c1-12-17(32-21(30)31-12)10-28-8-13(7-23-28)20-25-16(11-33-20)19(29)24-15-9-27(2)26-18(15)14-5-3-4-6-22-14/h3-9,11H,10H2,1-2H3,(H,24,29). The molecule has 0 aromatic carbocycles. The van der Waals surface area contributed by atoms with Gasteiger partial charge in [-0.05, 0) is 19.1 Å². The Bertz CT molecular complexity index is 1490. The lowest BCUT2D eigenvalue weighted by Gasteiger charge is -2.03. The van der Waals surface area contributed by atoms with Crippen LogP contribution in [0.15, 0.2) is 62.0 Å². The summed E-state index contributed by atoms with van der Waals surface area (Å²) >= 11 is 1.32. The van der Waals surface area contributed by atoms with Crippen LogP contribution in [0.25, 0.3) is 22.0 Å². The number of anilines is 1. The van der Waals surface area contributed by atoms with Gasteiger partial charge in [-0.3, -0.25) is 19.1 Å². The highest BCUT2D eigenvalue weighted by molar-refractivity contribution is 7.13. The number of nitrogens with zero attached hydrogens (tertiary/aromatic N) is 6. The summed E-state index contributed by atoms with van der Waals surface area (Å²) < 4.78 is 13.1. The number of amides is 1. The quantitative estimate of drug-likeness (QED) is 0.406. The molecule has 0 fully saturated rings. The van der Waals surface area contributed by atoms with Gasteiger partial charge in [0, 0.05) is 36.6 Å². The number of pyridine rings is 1. The van der Waals surface area contributed by atoms with Crippen LogP contribution in [0, 0.1) is 6.92 Å². The van der Waals surface area contributed by atoms with Crippen LogP contribution in [0.2, 0.25) is 0 Å². The summed E-state index contributed by atoms with van der Waals surface area (Å²) in [6, 6.07) is 5.50. The topological polar surface area (TPSA) is 134 Å². The summed E-state index contributed by atoms with van der Waals surface area (Å²) in [4.78, 5) is 32.8. The van der Waals surface area contributed by atoms with E-state index in [-0.39, 0.29) is 18.1 Å². The first-order valence-corrected chi connectivity index (χ1v) is 10.7. The average molecular weight is 463 g/mol. The second kappa shape index (κ2) is 8.31. The van der Waals surface area contributed by atoms with Gasteiger partial charge in [0.15, 0.2) is 5.76 Å². The first kappa shape index (κ1) is 20.6. The van der Waals surface area contributed by atoms with Gasteiger partial charge in [-0.2, -0.15) is 10.2 Å². The molecular weight excluding hydrogens is 446 g/mol. The zero-order valence-electron chi connectivity index (χ0n) is 17.6. The molecule has 166 valence electrons. The van der Waals surface area contributed by atoms with Crippen LogP contribution in [0.1, 0.15) is 22.0 Å². The van der Waals surface area contributed by atoms with Gasteiger partial charge in [-0.25, -0.2) is 9.78 Å². The van der Waals surface area contributed by atoms with Gasteiger partial charge in [-0.15, -0.1) is 11.3 Å². The molecule has 0 bridgehead atoms. The number of rotatable bonds is 6. The van der Waals surface area contributed by atoms with Crippen LogP contribution in [-0.4, -0.2) is 35.4 Å². The average Bonchev–Trinajstić information content (AvgIpc) is 3.57. The summed E-state index contributed by atoms with van der Waals surface area (Å²) in [5.74, 6) is -0.295. The third-order valence-electron chi connectivity index (χ3n) is 4.74. The number of hydrogen-bond donors (Lipinski definition) is 1. The van der Waals surface area contributed by atoms with E-state index in [1.54, 1.807) is 53.5 Å². The van der Waals surface area contributed by atoms with Gasteiger partial charge in [-0.1, -0.05) is 6.07 Å². The Morgan fingerprint density at radius 1 is 1.24 bits per heavy atom. The lowest BCUT2D eigenvalue weighted by atomic mass is 10.2. The SMILES string of the molecule is Cc1oc(=O)oc1Cn1cc(-c2nc(C(=O)Nc3cn(C)nc3-c3ccccn3)cs2)cn1. The van der Waals surface area contributed by atoms with Crippen molar-refractivity contribution in [2.45, 2.75) is 13.5 Å². The maximum Gasteiger partial charge on any atom is 0.519 e. The fraction of sp³-hybridized carbons (Fsp3) is 0.143. The van der Waals surface area contributed by atoms with Crippen molar-refractivity contribution in [3.8, 4) is 22.0 Å². The molecule has 11 nitrogen and oxygen atoms in total. The number of aryl methyl sites for hydroxylation is 2. The minimum atomic E-state index is -0.745. The lowest BCUT2D eigenvalue weighted by Crippen LogP contribution is -2.12. The van der Waals surface area contributed by atoms with Gasteiger partial charge in [0.25, 0.3) is 5.91 Å². The highest BCUT2D eigenvalue weighted by atomic mass is 32.1. The highest BCUT2D eigenvalue weighted by Gasteiger charge is 2.18. The van der Waals surface area contributed by atoms with E-state index in [1.807, 2.05) is 18.2 Å². The molecule has 1 N–H and O–H groups in total. The number of thiazole rings is 1. The van der Waals surface area contributed by atoms with E-state index < -0.39 is 5.82 Å². The summed E-state index contributed by atoms with van der Waals surface area (Å²) in [5.41, 5.74) is 2.78. The Balaban J connectivity index is 1.33. The van der Waals surface area contributed by atoms with Crippen molar-refractivity contribution in [1.29, 1.82) is 0 Å². The van der Waals surface area contributed by atoms with Gasteiger partial charge >= 0.3 is 5.82 Å². The molecule has 12 heteroatoms. The van der Waals surface area contributed by atoms with Crippen molar-refractivity contribution in [2.75, 3.05) is 5.32 Å². The van der Waals surface area contributed by atoms with Crippen molar-refractivity contribution in [3.63, 3.8) is 0 Å². The molecule has 0 unspecified atom stereocenters. The Morgan fingerprint density at radius 2 is 2.12 bits per heavy atom. The Morgan fingerprint density at radius 3 is 2.88 bits per heavy atom. The Hall–Kier alpha value is -4.32. The number of nitrogens with one attached hydrogen (secondary N) is 1. The molecule has 0 aliphatic heterocycles. The van der Waals surface area contributed by atoms with E-state index in [2.05, 4.69) is 25.5 Å². The van der Waals surface area contributed by atoms with Crippen LogP contribution < -0.4 is 11.1 Å². The van der Waals surface area contributed by atoms with Crippen LogP contribution >= 0.6 is 11.3 Å². The molecule has 0 saturated carbocycles. The van der Waals surface area contributed by atoms with Gasteiger partial charge < -0.3 is 14.2 Å². The highest BCUT2D eigenvalue weighted by Crippen LogP contribution is 2.27. The first-order chi connectivity index (χ1) is 16.0. The van der Waals surface area contributed by atoms with E-state index >= 15 is 0 Å². The van der Waals surface area contributed by atoms with Gasteiger partial charge in [0.1, 0.15) is 28.7 Å². The summed E-state index contributed by atoms with van der Waals surface area (Å²) in [6.45, 7) is 1.89. The summed E-state index contributed by atoms with van der Waals surface area (Å²) in [6.07, 6.45) is 6.78. The Labute approximate surface area is 190 Å². The molecule has 5 rings (SSSR count). The maximum absolute atomic E-state index is 12.8. The molecule has 0 saturated heterocycles. The van der Waals surface area contributed by atoms with Crippen LogP contribution in [0.5, 0.6) is 0 Å². The van der Waals surface area contributed by atoms with E-state index in [4.69, 9.17) is 8.83 Å². The maximum atomic E-state index is 12.8. The minimum absolute atomic E-state index is 0.244.